The minimum Gasteiger partial charge on any atom is -0.480 e. The van der Waals surface area contributed by atoms with Crippen LogP contribution in [0.4, 0.5) is 10.1 Å². The minimum atomic E-state index is -1.09. The molecule has 0 bridgehead atoms. The number of rotatable bonds is 7. The van der Waals surface area contributed by atoms with Gasteiger partial charge in [0.25, 0.3) is 11.8 Å². The van der Waals surface area contributed by atoms with E-state index in [0.29, 0.717) is 12.1 Å². The van der Waals surface area contributed by atoms with E-state index < -0.39 is 30.1 Å². The Morgan fingerprint density at radius 1 is 1.11 bits per heavy atom. The maximum absolute atomic E-state index is 13.0. The van der Waals surface area contributed by atoms with E-state index in [9.17, 15) is 18.8 Å². The quantitative estimate of drug-likeness (QED) is 0.780. The fourth-order valence-corrected chi connectivity index (χ4v) is 2.49. The summed E-state index contributed by atoms with van der Waals surface area (Å²) in [5.74, 6) is -2.40. The standard InChI is InChI=1S/C20H21FN2O4/c1-3-13(2)23(12-18(24)25)20(27)15-5-4-6-17(11-15)22-19(26)14-7-9-16(21)10-8-14/h4-11,13H,3,12H2,1-2H3,(H,22,26)(H,24,25). The van der Waals surface area contributed by atoms with Gasteiger partial charge in [0.1, 0.15) is 12.4 Å². The summed E-state index contributed by atoms with van der Waals surface area (Å²) >= 11 is 0. The van der Waals surface area contributed by atoms with Crippen molar-refractivity contribution < 1.29 is 23.9 Å². The van der Waals surface area contributed by atoms with Crippen LogP contribution in [0.5, 0.6) is 0 Å². The number of carboxylic acid groups (broad SMARTS) is 1. The smallest absolute Gasteiger partial charge is 0.323 e. The summed E-state index contributed by atoms with van der Waals surface area (Å²) in [6, 6.07) is 11.1. The van der Waals surface area contributed by atoms with Crippen molar-refractivity contribution >= 4 is 23.5 Å². The van der Waals surface area contributed by atoms with E-state index in [0.717, 1.165) is 0 Å². The summed E-state index contributed by atoms with van der Waals surface area (Å²) in [6.45, 7) is 3.24. The zero-order valence-corrected chi connectivity index (χ0v) is 15.1. The first-order valence-electron chi connectivity index (χ1n) is 8.51. The Hall–Kier alpha value is -3.22. The van der Waals surface area contributed by atoms with Gasteiger partial charge in [-0.2, -0.15) is 0 Å². The normalized spacial score (nSPS) is 11.5. The van der Waals surface area contributed by atoms with Gasteiger partial charge in [-0.1, -0.05) is 13.0 Å². The highest BCUT2D eigenvalue weighted by molar-refractivity contribution is 6.05. The SMILES string of the molecule is CCC(C)N(CC(=O)O)C(=O)c1cccc(NC(=O)c2ccc(F)cc2)c1. The highest BCUT2D eigenvalue weighted by Gasteiger charge is 2.23. The molecule has 2 amide bonds. The van der Waals surface area contributed by atoms with Crippen molar-refractivity contribution in [2.24, 2.45) is 0 Å². The zero-order chi connectivity index (χ0) is 20.0. The number of carboxylic acids is 1. The van der Waals surface area contributed by atoms with E-state index in [-0.39, 0.29) is 17.2 Å². The molecule has 0 aliphatic carbocycles. The predicted molar refractivity (Wildman–Crippen MR) is 99.2 cm³/mol. The topological polar surface area (TPSA) is 86.7 Å². The number of benzene rings is 2. The second-order valence-corrected chi connectivity index (χ2v) is 6.13. The number of carbonyl (C=O) groups excluding carboxylic acids is 2. The van der Waals surface area contributed by atoms with Crippen LogP contribution in [-0.4, -0.2) is 40.4 Å². The lowest BCUT2D eigenvalue weighted by Crippen LogP contribution is -2.41. The predicted octanol–water partition coefficient (Wildman–Crippen LogP) is 3.40. The average Bonchev–Trinajstić information content (AvgIpc) is 2.65. The molecule has 0 heterocycles. The molecule has 27 heavy (non-hydrogen) atoms. The Morgan fingerprint density at radius 3 is 2.37 bits per heavy atom. The van der Waals surface area contributed by atoms with E-state index in [1.165, 1.54) is 35.2 Å². The molecule has 0 fully saturated rings. The summed E-state index contributed by atoms with van der Waals surface area (Å²) in [7, 11) is 0. The van der Waals surface area contributed by atoms with Gasteiger partial charge >= 0.3 is 5.97 Å². The maximum atomic E-state index is 13.0. The van der Waals surface area contributed by atoms with Gasteiger partial charge in [-0.3, -0.25) is 14.4 Å². The average molecular weight is 372 g/mol. The maximum Gasteiger partial charge on any atom is 0.323 e. The molecule has 7 heteroatoms. The van der Waals surface area contributed by atoms with Crippen LogP contribution in [0.3, 0.4) is 0 Å². The molecule has 2 N–H and O–H groups in total. The largest absolute Gasteiger partial charge is 0.480 e. The number of nitrogens with one attached hydrogen (secondary N) is 1. The van der Waals surface area contributed by atoms with E-state index in [1.54, 1.807) is 25.1 Å². The molecule has 2 rings (SSSR count). The second-order valence-electron chi connectivity index (χ2n) is 6.13. The Kier molecular flexibility index (Phi) is 6.65. The second kappa shape index (κ2) is 8.93. The van der Waals surface area contributed by atoms with Gasteiger partial charge in [0.15, 0.2) is 0 Å². The van der Waals surface area contributed by atoms with Gasteiger partial charge in [-0.15, -0.1) is 0 Å². The summed E-state index contributed by atoms with van der Waals surface area (Å²) < 4.78 is 13.0. The van der Waals surface area contributed by atoms with E-state index in [1.807, 2.05) is 6.92 Å². The first-order valence-corrected chi connectivity index (χ1v) is 8.51. The first-order chi connectivity index (χ1) is 12.8. The molecule has 0 radical (unpaired) electrons. The molecule has 2 aromatic rings. The molecule has 1 unspecified atom stereocenters. The van der Waals surface area contributed by atoms with E-state index in [2.05, 4.69) is 5.32 Å². The van der Waals surface area contributed by atoms with Crippen molar-refractivity contribution in [3.63, 3.8) is 0 Å². The fourth-order valence-electron chi connectivity index (χ4n) is 2.49. The molecule has 0 spiro atoms. The third-order valence-electron chi connectivity index (χ3n) is 4.16. The summed E-state index contributed by atoms with van der Waals surface area (Å²) in [5, 5.41) is 11.7. The number of amides is 2. The van der Waals surface area contributed by atoms with Crippen LogP contribution in [0.25, 0.3) is 0 Å². The lowest BCUT2D eigenvalue weighted by Gasteiger charge is -2.27. The van der Waals surface area contributed by atoms with Crippen LogP contribution in [0, 0.1) is 5.82 Å². The molecule has 142 valence electrons. The molecule has 1 atom stereocenters. The molecular formula is C20H21FN2O4. The van der Waals surface area contributed by atoms with Gasteiger partial charge in [-0.05, 0) is 55.8 Å². The number of carbonyl (C=O) groups is 3. The van der Waals surface area contributed by atoms with Crippen molar-refractivity contribution in [3.8, 4) is 0 Å². The van der Waals surface area contributed by atoms with Crippen LogP contribution in [0.1, 0.15) is 41.0 Å². The minimum absolute atomic E-state index is 0.244. The summed E-state index contributed by atoms with van der Waals surface area (Å²) in [4.78, 5) is 37.3. The van der Waals surface area contributed by atoms with Crippen molar-refractivity contribution in [2.75, 3.05) is 11.9 Å². The highest BCUT2D eigenvalue weighted by atomic mass is 19.1. The fraction of sp³-hybridized carbons (Fsp3) is 0.250. The Labute approximate surface area is 156 Å². The van der Waals surface area contributed by atoms with E-state index >= 15 is 0 Å². The molecule has 2 aromatic carbocycles. The van der Waals surface area contributed by atoms with Gasteiger partial charge in [0.05, 0.1) is 0 Å². The summed E-state index contributed by atoms with van der Waals surface area (Å²) in [6.07, 6.45) is 0.611. The van der Waals surface area contributed by atoms with Crippen molar-refractivity contribution in [3.05, 3.63) is 65.5 Å². The lowest BCUT2D eigenvalue weighted by atomic mass is 10.1. The van der Waals surface area contributed by atoms with Crippen LogP contribution in [0.2, 0.25) is 0 Å². The van der Waals surface area contributed by atoms with Gasteiger partial charge in [0.2, 0.25) is 0 Å². The Morgan fingerprint density at radius 2 is 1.78 bits per heavy atom. The van der Waals surface area contributed by atoms with Crippen LogP contribution >= 0.6 is 0 Å². The number of anilines is 1. The summed E-state index contributed by atoms with van der Waals surface area (Å²) in [5.41, 5.74) is 0.934. The van der Waals surface area contributed by atoms with Crippen LogP contribution < -0.4 is 5.32 Å². The van der Waals surface area contributed by atoms with Gasteiger partial charge < -0.3 is 15.3 Å². The first kappa shape index (κ1) is 20.1. The molecule has 0 aliphatic rings. The molecule has 0 saturated carbocycles. The molecular weight excluding hydrogens is 351 g/mol. The zero-order valence-electron chi connectivity index (χ0n) is 15.1. The molecule has 0 aliphatic heterocycles. The lowest BCUT2D eigenvalue weighted by molar-refractivity contribution is -0.138. The molecule has 0 saturated heterocycles. The molecule has 0 aromatic heterocycles. The van der Waals surface area contributed by atoms with Crippen molar-refractivity contribution in [2.45, 2.75) is 26.3 Å². The number of hydrogen-bond donors (Lipinski definition) is 2. The molecule has 6 nitrogen and oxygen atoms in total. The number of aliphatic carboxylic acids is 1. The number of halogens is 1. The third-order valence-corrected chi connectivity index (χ3v) is 4.16. The van der Waals surface area contributed by atoms with Crippen molar-refractivity contribution in [1.29, 1.82) is 0 Å². The Balaban J connectivity index is 2.20. The Bertz CT molecular complexity index is 836. The monoisotopic (exact) mass is 372 g/mol. The van der Waals surface area contributed by atoms with Gasteiger partial charge in [0, 0.05) is 22.9 Å². The number of nitrogens with zero attached hydrogens (tertiary/aromatic N) is 1. The van der Waals surface area contributed by atoms with Crippen LogP contribution in [0.15, 0.2) is 48.5 Å². The van der Waals surface area contributed by atoms with Crippen LogP contribution in [-0.2, 0) is 4.79 Å². The highest BCUT2D eigenvalue weighted by Crippen LogP contribution is 2.16. The third kappa shape index (κ3) is 5.37. The van der Waals surface area contributed by atoms with E-state index in [4.69, 9.17) is 5.11 Å². The number of hydrogen-bond acceptors (Lipinski definition) is 3. The van der Waals surface area contributed by atoms with Crippen molar-refractivity contribution in [1.82, 2.24) is 4.90 Å². The van der Waals surface area contributed by atoms with Gasteiger partial charge in [-0.25, -0.2) is 4.39 Å².